The summed E-state index contributed by atoms with van der Waals surface area (Å²) in [6.07, 6.45) is 0. The van der Waals surface area contributed by atoms with Crippen molar-refractivity contribution in [3.63, 3.8) is 0 Å². The van der Waals surface area contributed by atoms with E-state index in [1.54, 1.807) is 11.3 Å². The van der Waals surface area contributed by atoms with Crippen LogP contribution in [0.15, 0.2) is 32.5 Å². The first-order chi connectivity index (χ1) is 7.97. The largest absolute Gasteiger partial charge is 0.207 e. The molecule has 0 fully saturated rings. The van der Waals surface area contributed by atoms with E-state index in [0.29, 0.717) is 4.47 Å². The monoisotopic (exact) mass is 396 g/mol. The molecule has 0 bridgehead atoms. The molecule has 0 amide bonds. The minimum Gasteiger partial charge on any atom is -0.207 e. The fourth-order valence-electron chi connectivity index (χ4n) is 1.61. The van der Waals surface area contributed by atoms with Gasteiger partial charge in [-0.05, 0) is 58.2 Å². The van der Waals surface area contributed by atoms with Crippen LogP contribution in [0.3, 0.4) is 0 Å². The van der Waals surface area contributed by atoms with Crippen molar-refractivity contribution >= 4 is 54.8 Å². The Bertz CT molecular complexity index is 533. The molecule has 1 aromatic carbocycles. The second-order valence-corrected chi connectivity index (χ2v) is 7.62. The normalized spacial score (nSPS) is 12.8. The predicted molar refractivity (Wildman–Crippen MR) is 78.6 cm³/mol. The van der Waals surface area contributed by atoms with Crippen LogP contribution in [0.4, 0.5) is 4.39 Å². The van der Waals surface area contributed by atoms with Crippen molar-refractivity contribution in [1.82, 2.24) is 0 Å². The van der Waals surface area contributed by atoms with Crippen molar-refractivity contribution in [2.24, 2.45) is 0 Å². The average Bonchev–Trinajstić information content (AvgIpc) is 2.55. The zero-order valence-corrected chi connectivity index (χ0v) is 13.6. The highest BCUT2D eigenvalue weighted by atomic mass is 79.9. The van der Waals surface area contributed by atoms with Crippen LogP contribution < -0.4 is 0 Å². The lowest BCUT2D eigenvalue weighted by Crippen LogP contribution is -1.94. The predicted octanol–water partition coefficient (Wildman–Crippen LogP) is 6.05. The third-order valence-corrected chi connectivity index (χ3v) is 4.89. The van der Waals surface area contributed by atoms with Gasteiger partial charge in [-0.1, -0.05) is 15.9 Å². The Hall–Kier alpha value is 0.1000. The smallest absolute Gasteiger partial charge is 0.124 e. The summed E-state index contributed by atoms with van der Waals surface area (Å²) < 4.78 is 15.0. The van der Waals surface area contributed by atoms with Crippen LogP contribution in [0.25, 0.3) is 0 Å². The molecular weight excluding hydrogens is 390 g/mol. The first-order valence-electron chi connectivity index (χ1n) is 4.83. The zero-order valence-electron chi connectivity index (χ0n) is 8.81. The van der Waals surface area contributed by atoms with Gasteiger partial charge in [0.25, 0.3) is 0 Å². The number of thiophene rings is 1. The van der Waals surface area contributed by atoms with E-state index in [2.05, 4.69) is 31.9 Å². The maximum atomic E-state index is 13.3. The van der Waals surface area contributed by atoms with Crippen molar-refractivity contribution in [1.29, 1.82) is 0 Å². The second kappa shape index (κ2) is 5.39. The lowest BCUT2D eigenvalue weighted by atomic mass is 10.1. The highest BCUT2D eigenvalue weighted by Gasteiger charge is 2.17. The number of benzene rings is 1. The number of halogens is 4. The highest BCUT2D eigenvalue weighted by Crippen LogP contribution is 2.38. The molecule has 0 N–H and O–H groups in total. The molecule has 0 saturated heterocycles. The van der Waals surface area contributed by atoms with Gasteiger partial charge in [-0.2, -0.15) is 0 Å². The molecular formula is C12H8Br2ClFS. The average molecular weight is 399 g/mol. The molecule has 1 aromatic heterocycles. The minimum absolute atomic E-state index is 0.285. The van der Waals surface area contributed by atoms with Gasteiger partial charge in [0.1, 0.15) is 5.82 Å². The van der Waals surface area contributed by atoms with Crippen LogP contribution in [0, 0.1) is 12.7 Å². The van der Waals surface area contributed by atoms with Crippen molar-refractivity contribution in [2.75, 3.05) is 0 Å². The number of alkyl halides is 1. The molecule has 0 radical (unpaired) electrons. The number of hydrogen-bond acceptors (Lipinski definition) is 1. The molecule has 0 spiro atoms. The van der Waals surface area contributed by atoms with Gasteiger partial charge in [0.2, 0.25) is 0 Å². The summed E-state index contributed by atoms with van der Waals surface area (Å²) in [5.74, 6) is -0.285. The molecule has 0 nitrogen and oxygen atoms in total. The van der Waals surface area contributed by atoms with Crippen LogP contribution in [0.5, 0.6) is 0 Å². The van der Waals surface area contributed by atoms with Crippen molar-refractivity contribution in [3.8, 4) is 0 Å². The standard InChI is InChI=1S/C12H8Br2ClFS/c1-6-10(5-11(14)17-6)12(15)7-2-8(13)4-9(16)3-7/h2-5,12H,1H3. The number of rotatable bonds is 2. The first kappa shape index (κ1) is 13.5. The van der Waals surface area contributed by atoms with Gasteiger partial charge in [0.05, 0.1) is 9.16 Å². The molecule has 90 valence electrons. The molecule has 2 rings (SSSR count). The van der Waals surface area contributed by atoms with Gasteiger partial charge in [-0.25, -0.2) is 4.39 Å². The first-order valence-corrected chi connectivity index (χ1v) is 7.67. The molecule has 0 aliphatic heterocycles. The van der Waals surface area contributed by atoms with Crippen LogP contribution >= 0.6 is 54.8 Å². The van der Waals surface area contributed by atoms with Gasteiger partial charge in [0, 0.05) is 9.35 Å². The van der Waals surface area contributed by atoms with Crippen molar-refractivity contribution < 1.29 is 4.39 Å². The van der Waals surface area contributed by atoms with E-state index in [-0.39, 0.29) is 11.2 Å². The fourth-order valence-corrected chi connectivity index (χ4v) is 4.26. The molecule has 17 heavy (non-hydrogen) atoms. The summed E-state index contributed by atoms with van der Waals surface area (Å²) in [4.78, 5) is 1.14. The summed E-state index contributed by atoms with van der Waals surface area (Å²) in [5.41, 5.74) is 1.77. The van der Waals surface area contributed by atoms with Gasteiger partial charge in [-0.3, -0.25) is 0 Å². The van der Waals surface area contributed by atoms with Crippen LogP contribution in [0.1, 0.15) is 21.4 Å². The van der Waals surface area contributed by atoms with Gasteiger partial charge in [-0.15, -0.1) is 22.9 Å². The summed E-state index contributed by atoms with van der Waals surface area (Å²) in [6, 6.07) is 6.71. The summed E-state index contributed by atoms with van der Waals surface area (Å²) in [5, 5.41) is -0.329. The van der Waals surface area contributed by atoms with Crippen LogP contribution in [0.2, 0.25) is 0 Å². The second-order valence-electron chi connectivity index (χ2n) is 3.63. The Balaban J connectivity index is 2.43. The van der Waals surface area contributed by atoms with E-state index < -0.39 is 0 Å². The number of aryl methyl sites for hydroxylation is 1. The van der Waals surface area contributed by atoms with E-state index in [1.165, 1.54) is 12.1 Å². The Morgan fingerprint density at radius 2 is 1.94 bits per heavy atom. The Kier molecular flexibility index (Phi) is 4.29. The lowest BCUT2D eigenvalue weighted by Gasteiger charge is -2.10. The molecule has 5 heteroatoms. The molecule has 0 aliphatic rings. The SMILES string of the molecule is Cc1sc(Br)cc1C(Cl)c1cc(F)cc(Br)c1. The summed E-state index contributed by atoms with van der Waals surface area (Å²) in [6.45, 7) is 2.01. The van der Waals surface area contributed by atoms with Crippen LogP contribution in [-0.4, -0.2) is 0 Å². The molecule has 1 unspecified atom stereocenters. The van der Waals surface area contributed by atoms with E-state index in [9.17, 15) is 4.39 Å². The van der Waals surface area contributed by atoms with Crippen LogP contribution in [-0.2, 0) is 0 Å². The summed E-state index contributed by atoms with van der Waals surface area (Å²) in [7, 11) is 0. The molecule has 1 heterocycles. The third-order valence-electron chi connectivity index (χ3n) is 2.38. The summed E-state index contributed by atoms with van der Waals surface area (Å²) >= 11 is 14.7. The van der Waals surface area contributed by atoms with Crippen molar-refractivity contribution in [2.45, 2.75) is 12.3 Å². The number of hydrogen-bond donors (Lipinski definition) is 0. The fraction of sp³-hybridized carbons (Fsp3) is 0.167. The van der Waals surface area contributed by atoms with E-state index in [4.69, 9.17) is 11.6 Å². The Labute approximate surface area is 125 Å². The quantitative estimate of drug-likeness (QED) is 0.540. The van der Waals surface area contributed by atoms with Crippen molar-refractivity contribution in [3.05, 3.63) is 54.3 Å². The van der Waals surface area contributed by atoms with E-state index in [1.807, 2.05) is 19.1 Å². The minimum atomic E-state index is -0.329. The lowest BCUT2D eigenvalue weighted by molar-refractivity contribution is 0.625. The maximum absolute atomic E-state index is 13.3. The van der Waals surface area contributed by atoms with E-state index in [0.717, 1.165) is 19.8 Å². The highest BCUT2D eigenvalue weighted by molar-refractivity contribution is 9.11. The Morgan fingerprint density at radius 1 is 1.24 bits per heavy atom. The Morgan fingerprint density at radius 3 is 2.47 bits per heavy atom. The van der Waals surface area contributed by atoms with Gasteiger partial charge >= 0.3 is 0 Å². The molecule has 2 aromatic rings. The van der Waals surface area contributed by atoms with Gasteiger partial charge in [0.15, 0.2) is 0 Å². The molecule has 0 saturated carbocycles. The molecule has 0 aliphatic carbocycles. The van der Waals surface area contributed by atoms with E-state index >= 15 is 0 Å². The van der Waals surface area contributed by atoms with Gasteiger partial charge < -0.3 is 0 Å². The zero-order chi connectivity index (χ0) is 12.6. The maximum Gasteiger partial charge on any atom is 0.124 e. The third kappa shape index (κ3) is 3.11. The molecule has 1 atom stereocenters. The topological polar surface area (TPSA) is 0 Å².